The first-order valence-corrected chi connectivity index (χ1v) is 19.7. The monoisotopic (exact) mass is 714 g/mol. The number of urea groups is 2. The van der Waals surface area contributed by atoms with Crippen LogP contribution in [0.1, 0.15) is 125 Å². The summed E-state index contributed by atoms with van der Waals surface area (Å²) in [6.07, 6.45) is 13.6. The maximum atomic E-state index is 13.7. The van der Waals surface area contributed by atoms with Gasteiger partial charge in [-0.3, -0.25) is 15.0 Å². The first kappa shape index (κ1) is 46.2. The number of rotatable bonds is 33. The minimum Gasteiger partial charge on any atom is -0.380 e. The predicted octanol–water partition coefficient (Wildman–Crippen LogP) is 5.03. The third-order valence-corrected chi connectivity index (χ3v) is 8.69. The van der Waals surface area contributed by atoms with Crippen LogP contribution in [0.2, 0.25) is 0 Å². The molecular weight excluding hydrogens is 638 g/mol. The third kappa shape index (κ3) is 25.1. The Bertz CT molecular complexity index is 863. The molecule has 0 saturated carbocycles. The number of carbonyl (C=O) groups excluding carboxylic acids is 3. The topological polar surface area (TPSA) is 150 Å². The third-order valence-electron chi connectivity index (χ3n) is 8.69. The van der Waals surface area contributed by atoms with Crippen molar-refractivity contribution in [3.8, 4) is 0 Å². The van der Waals surface area contributed by atoms with Gasteiger partial charge in [0.15, 0.2) is 0 Å². The van der Waals surface area contributed by atoms with E-state index in [0.717, 1.165) is 116 Å². The SMILES string of the molecule is CCCCOCC(CN1CC1C)NOCCCCCCN(CCCCCCN)C(=O)N(CCCCCCNCCOC(C)(C)C)C(=O)NC=O. The number of unbranched alkanes of at least 4 members (excludes halogenated alkanes) is 10. The van der Waals surface area contributed by atoms with Gasteiger partial charge in [0, 0.05) is 51.9 Å². The second-order valence-electron chi connectivity index (χ2n) is 14.6. The van der Waals surface area contributed by atoms with Gasteiger partial charge in [-0.25, -0.2) is 14.5 Å². The van der Waals surface area contributed by atoms with Gasteiger partial charge >= 0.3 is 12.1 Å². The Labute approximate surface area is 304 Å². The van der Waals surface area contributed by atoms with Crippen molar-refractivity contribution < 1.29 is 28.7 Å². The van der Waals surface area contributed by atoms with E-state index in [4.69, 9.17) is 20.0 Å². The number of nitrogens with two attached hydrogens (primary N) is 1. The van der Waals surface area contributed by atoms with Gasteiger partial charge in [0.25, 0.3) is 0 Å². The van der Waals surface area contributed by atoms with Gasteiger partial charge in [-0.15, -0.1) is 0 Å². The van der Waals surface area contributed by atoms with Crippen LogP contribution in [0.4, 0.5) is 9.59 Å². The quantitative estimate of drug-likeness (QED) is 0.0316. The average Bonchev–Trinajstić information content (AvgIpc) is 3.78. The summed E-state index contributed by atoms with van der Waals surface area (Å²) in [5.41, 5.74) is 8.75. The molecule has 294 valence electrons. The molecule has 0 aromatic carbocycles. The molecule has 3 atom stereocenters. The Morgan fingerprint density at radius 2 is 1.52 bits per heavy atom. The van der Waals surface area contributed by atoms with E-state index in [9.17, 15) is 14.4 Å². The molecule has 1 aliphatic rings. The van der Waals surface area contributed by atoms with Crippen LogP contribution in [0.15, 0.2) is 0 Å². The second kappa shape index (κ2) is 29.7. The lowest BCUT2D eigenvalue weighted by atomic mass is 10.1. The van der Waals surface area contributed by atoms with Crippen LogP contribution in [0.5, 0.6) is 0 Å². The minimum atomic E-state index is -0.662. The summed E-state index contributed by atoms with van der Waals surface area (Å²) in [6, 6.07) is -0.197. The van der Waals surface area contributed by atoms with Gasteiger partial charge in [-0.05, 0) is 85.7 Å². The fourth-order valence-corrected chi connectivity index (χ4v) is 5.55. The van der Waals surface area contributed by atoms with Crippen LogP contribution < -0.4 is 21.8 Å². The molecular formula is C37H75N7O6. The van der Waals surface area contributed by atoms with Crippen LogP contribution >= 0.6 is 0 Å². The first-order chi connectivity index (χ1) is 24.1. The standard InChI is InChI=1S/C37H75N7O6/c1-6-7-26-48-31-34(30-43-29-33(43)2)41-50-27-19-13-12-17-24-42(23-16-10-8-14-20-38)36(47)44(35(46)40-32-45)25-18-11-9-15-21-39-22-28-49-37(3,4)5/h32-34,39,41H,6-31,38H2,1-5H3,(H,40,45,46). The molecule has 0 aliphatic carbocycles. The molecule has 50 heavy (non-hydrogen) atoms. The average molecular weight is 714 g/mol. The molecule has 0 aromatic heterocycles. The van der Waals surface area contributed by atoms with Crippen LogP contribution in [0, 0.1) is 0 Å². The minimum absolute atomic E-state index is 0.130. The zero-order valence-corrected chi connectivity index (χ0v) is 32.5. The van der Waals surface area contributed by atoms with Crippen LogP contribution in [-0.2, 0) is 19.1 Å². The lowest BCUT2D eigenvalue weighted by Crippen LogP contribution is -2.50. The molecule has 0 radical (unpaired) electrons. The smallest absolute Gasteiger partial charge is 0.331 e. The van der Waals surface area contributed by atoms with Gasteiger partial charge in [0.1, 0.15) is 0 Å². The fourth-order valence-electron chi connectivity index (χ4n) is 5.55. The fraction of sp³-hybridized carbons (Fsp3) is 0.919. The van der Waals surface area contributed by atoms with Crippen molar-refractivity contribution in [2.45, 2.75) is 142 Å². The molecule has 0 bridgehead atoms. The van der Waals surface area contributed by atoms with Crippen molar-refractivity contribution in [2.24, 2.45) is 5.73 Å². The molecule has 1 rings (SSSR count). The van der Waals surface area contributed by atoms with Gasteiger partial charge in [-0.2, -0.15) is 5.48 Å². The van der Waals surface area contributed by atoms with E-state index in [1.54, 1.807) is 4.90 Å². The first-order valence-electron chi connectivity index (χ1n) is 19.7. The van der Waals surface area contributed by atoms with Gasteiger partial charge < -0.3 is 30.3 Å². The van der Waals surface area contributed by atoms with E-state index in [2.05, 4.69) is 34.9 Å². The molecule has 1 aliphatic heterocycles. The van der Waals surface area contributed by atoms with Crippen molar-refractivity contribution in [1.29, 1.82) is 0 Å². The number of hydroxylamine groups is 1. The zero-order chi connectivity index (χ0) is 36.9. The molecule has 1 saturated heterocycles. The Morgan fingerprint density at radius 1 is 0.880 bits per heavy atom. The highest BCUT2D eigenvalue weighted by atomic mass is 16.6. The van der Waals surface area contributed by atoms with Gasteiger partial charge in [0.2, 0.25) is 6.41 Å². The number of ether oxygens (including phenoxy) is 2. The molecule has 0 spiro atoms. The Kier molecular flexibility index (Phi) is 27.4. The number of amides is 5. The lowest BCUT2D eigenvalue weighted by Gasteiger charge is -2.29. The molecule has 5 amide bonds. The van der Waals surface area contributed by atoms with Gasteiger partial charge in [0.05, 0.1) is 31.5 Å². The molecule has 1 fully saturated rings. The summed E-state index contributed by atoms with van der Waals surface area (Å²) in [5.74, 6) is 0. The van der Waals surface area contributed by atoms with Crippen molar-refractivity contribution in [1.82, 2.24) is 30.8 Å². The number of nitrogens with zero attached hydrogens (tertiary/aromatic N) is 3. The number of hydrogen-bond acceptors (Lipinski definition) is 10. The maximum absolute atomic E-state index is 13.7. The highest BCUT2D eigenvalue weighted by Gasteiger charge is 2.31. The summed E-state index contributed by atoms with van der Waals surface area (Å²) in [4.78, 5) is 48.8. The summed E-state index contributed by atoms with van der Waals surface area (Å²) in [7, 11) is 0. The van der Waals surface area contributed by atoms with E-state index in [1.165, 1.54) is 4.90 Å². The van der Waals surface area contributed by atoms with Crippen molar-refractivity contribution in [3.05, 3.63) is 0 Å². The van der Waals surface area contributed by atoms with Crippen molar-refractivity contribution in [2.75, 3.05) is 78.8 Å². The van der Waals surface area contributed by atoms with Crippen LogP contribution in [0.25, 0.3) is 0 Å². The van der Waals surface area contributed by atoms with Crippen molar-refractivity contribution >= 4 is 18.5 Å². The summed E-state index contributed by atoms with van der Waals surface area (Å²) in [5, 5.41) is 5.58. The highest BCUT2D eigenvalue weighted by Crippen LogP contribution is 2.16. The molecule has 13 heteroatoms. The maximum Gasteiger partial charge on any atom is 0.331 e. The number of carbonyl (C=O) groups is 3. The molecule has 13 nitrogen and oxygen atoms in total. The highest BCUT2D eigenvalue weighted by molar-refractivity contribution is 5.97. The van der Waals surface area contributed by atoms with E-state index < -0.39 is 6.03 Å². The summed E-state index contributed by atoms with van der Waals surface area (Å²) >= 11 is 0. The normalized spacial score (nSPS) is 16.3. The Balaban J connectivity index is 2.48. The molecule has 1 heterocycles. The largest absolute Gasteiger partial charge is 0.380 e. The van der Waals surface area contributed by atoms with E-state index >= 15 is 0 Å². The Hall–Kier alpha value is -1.87. The number of nitrogens with one attached hydrogen (secondary N) is 3. The van der Waals surface area contributed by atoms with E-state index in [0.29, 0.717) is 58.3 Å². The lowest BCUT2D eigenvalue weighted by molar-refractivity contribution is -0.108. The molecule has 5 N–H and O–H groups in total. The molecule has 0 aromatic rings. The zero-order valence-electron chi connectivity index (χ0n) is 32.5. The number of hydrogen-bond donors (Lipinski definition) is 4. The summed E-state index contributed by atoms with van der Waals surface area (Å²) < 4.78 is 11.6. The number of imide groups is 2. The van der Waals surface area contributed by atoms with Gasteiger partial charge in [-0.1, -0.05) is 51.9 Å². The van der Waals surface area contributed by atoms with E-state index in [-0.39, 0.29) is 24.2 Å². The van der Waals surface area contributed by atoms with E-state index in [1.807, 2.05) is 20.8 Å². The Morgan fingerprint density at radius 3 is 2.14 bits per heavy atom. The predicted molar refractivity (Wildman–Crippen MR) is 201 cm³/mol. The summed E-state index contributed by atoms with van der Waals surface area (Å²) in [6.45, 7) is 19.1. The van der Waals surface area contributed by atoms with Crippen LogP contribution in [-0.4, -0.2) is 130 Å². The van der Waals surface area contributed by atoms with Crippen molar-refractivity contribution in [3.63, 3.8) is 0 Å². The second-order valence-corrected chi connectivity index (χ2v) is 14.6. The van der Waals surface area contributed by atoms with Crippen LogP contribution in [0.3, 0.4) is 0 Å². The molecule has 3 unspecified atom stereocenters.